The van der Waals surface area contributed by atoms with E-state index in [1.807, 2.05) is 0 Å². The van der Waals surface area contributed by atoms with Gasteiger partial charge in [-0.3, -0.25) is 9.59 Å². The van der Waals surface area contributed by atoms with Crippen molar-refractivity contribution in [2.24, 2.45) is 17.8 Å². The van der Waals surface area contributed by atoms with Crippen LogP contribution in [0.1, 0.15) is 32.1 Å². The molecule has 0 aromatic rings. The average molecular weight is 196 g/mol. The summed E-state index contributed by atoms with van der Waals surface area (Å²) in [4.78, 5) is 23.1. The average Bonchev–Trinajstić information content (AvgIpc) is 2.16. The first kappa shape index (κ1) is 9.69. The molecule has 2 rings (SSSR count). The number of Topliss-reactive ketones (excluding diaryl/α,β-unsaturated/α-hetero) is 1. The molecule has 0 spiro atoms. The first-order valence-electron chi connectivity index (χ1n) is 5.34. The number of carbonyl (C=O) groups excluding carboxylic acids is 2. The van der Waals surface area contributed by atoms with Crippen LogP contribution < -0.4 is 0 Å². The van der Waals surface area contributed by atoms with Crippen LogP contribution in [0.4, 0.5) is 0 Å². The Hall–Kier alpha value is -0.860. The number of carbonyl (C=O) groups is 2. The summed E-state index contributed by atoms with van der Waals surface area (Å²) in [6.45, 7) is 0. The largest absolute Gasteiger partial charge is 0.469 e. The highest BCUT2D eigenvalue weighted by Crippen LogP contribution is 2.40. The van der Waals surface area contributed by atoms with Gasteiger partial charge < -0.3 is 4.74 Å². The Balaban J connectivity index is 2.07. The van der Waals surface area contributed by atoms with Gasteiger partial charge in [0.15, 0.2) is 0 Å². The van der Waals surface area contributed by atoms with E-state index >= 15 is 0 Å². The zero-order valence-corrected chi connectivity index (χ0v) is 8.49. The molecule has 0 radical (unpaired) electrons. The lowest BCUT2D eigenvalue weighted by Gasteiger charge is -2.36. The molecule has 78 valence electrons. The summed E-state index contributed by atoms with van der Waals surface area (Å²) in [6.07, 6.45) is 4.55. The molecule has 0 N–H and O–H groups in total. The topological polar surface area (TPSA) is 43.4 Å². The number of hydrogen-bond donors (Lipinski definition) is 0. The van der Waals surface area contributed by atoms with Crippen molar-refractivity contribution >= 4 is 11.8 Å². The van der Waals surface area contributed by atoms with Gasteiger partial charge in [0, 0.05) is 11.8 Å². The molecule has 2 bridgehead atoms. The first-order valence-corrected chi connectivity index (χ1v) is 5.34. The lowest BCUT2D eigenvalue weighted by molar-refractivity contribution is -0.150. The van der Waals surface area contributed by atoms with Crippen molar-refractivity contribution in [3.8, 4) is 0 Å². The van der Waals surface area contributed by atoms with Crippen LogP contribution in [-0.2, 0) is 14.3 Å². The fourth-order valence-corrected chi connectivity index (χ4v) is 2.84. The normalized spacial score (nSPS) is 36.6. The van der Waals surface area contributed by atoms with Gasteiger partial charge in [0.2, 0.25) is 0 Å². The molecular weight excluding hydrogens is 180 g/mol. The summed E-state index contributed by atoms with van der Waals surface area (Å²) >= 11 is 0. The fourth-order valence-electron chi connectivity index (χ4n) is 2.84. The molecule has 3 heteroatoms. The molecule has 2 atom stereocenters. The van der Waals surface area contributed by atoms with E-state index in [2.05, 4.69) is 0 Å². The predicted molar refractivity (Wildman–Crippen MR) is 50.6 cm³/mol. The van der Waals surface area contributed by atoms with E-state index in [0.717, 1.165) is 32.1 Å². The molecule has 14 heavy (non-hydrogen) atoms. The highest BCUT2D eigenvalue weighted by molar-refractivity contribution is 5.87. The van der Waals surface area contributed by atoms with Crippen LogP contribution in [0.2, 0.25) is 0 Å². The van der Waals surface area contributed by atoms with E-state index in [9.17, 15) is 9.59 Å². The van der Waals surface area contributed by atoms with Crippen LogP contribution in [-0.4, -0.2) is 18.9 Å². The van der Waals surface area contributed by atoms with Gasteiger partial charge in [0.25, 0.3) is 0 Å². The minimum atomic E-state index is -0.130. The van der Waals surface area contributed by atoms with Crippen LogP contribution in [0.5, 0.6) is 0 Å². The van der Waals surface area contributed by atoms with E-state index in [-0.39, 0.29) is 23.7 Å². The van der Waals surface area contributed by atoms with Crippen molar-refractivity contribution in [1.29, 1.82) is 0 Å². The standard InChI is InChI=1S/C11H16O3/c1-14-11(13)9-5-7-3-2-4-8(6-9)10(7)12/h7-9H,2-6H2,1H3/t7-,8-/m0/s1. The maximum atomic E-state index is 11.7. The first-order chi connectivity index (χ1) is 6.72. The van der Waals surface area contributed by atoms with Gasteiger partial charge in [0.05, 0.1) is 13.0 Å². The molecule has 2 aliphatic carbocycles. The van der Waals surface area contributed by atoms with Crippen LogP contribution in [0.25, 0.3) is 0 Å². The Morgan fingerprint density at radius 1 is 1.29 bits per heavy atom. The molecule has 0 unspecified atom stereocenters. The number of esters is 1. The molecular formula is C11H16O3. The molecule has 3 nitrogen and oxygen atoms in total. The molecule has 0 saturated heterocycles. The highest BCUT2D eigenvalue weighted by Gasteiger charge is 2.41. The quantitative estimate of drug-likeness (QED) is 0.598. The summed E-state index contributed by atoms with van der Waals surface area (Å²) < 4.78 is 4.74. The van der Waals surface area contributed by atoms with Gasteiger partial charge in [-0.05, 0) is 25.7 Å². The summed E-state index contributed by atoms with van der Waals surface area (Å²) in [5.41, 5.74) is 0. The van der Waals surface area contributed by atoms with Crippen molar-refractivity contribution in [2.75, 3.05) is 7.11 Å². The van der Waals surface area contributed by atoms with Gasteiger partial charge in [-0.1, -0.05) is 6.42 Å². The molecule has 0 aromatic carbocycles. The van der Waals surface area contributed by atoms with E-state index in [1.54, 1.807) is 0 Å². The van der Waals surface area contributed by atoms with Crippen molar-refractivity contribution in [1.82, 2.24) is 0 Å². The Kier molecular flexibility index (Phi) is 2.57. The molecule has 2 fully saturated rings. The maximum absolute atomic E-state index is 11.7. The predicted octanol–water partition coefficient (Wildman–Crippen LogP) is 1.55. The van der Waals surface area contributed by atoms with Crippen LogP contribution >= 0.6 is 0 Å². The van der Waals surface area contributed by atoms with Crippen molar-refractivity contribution < 1.29 is 14.3 Å². The van der Waals surface area contributed by atoms with Crippen molar-refractivity contribution in [2.45, 2.75) is 32.1 Å². The van der Waals surface area contributed by atoms with Gasteiger partial charge in [-0.15, -0.1) is 0 Å². The third-order valence-electron chi connectivity index (χ3n) is 3.58. The minimum Gasteiger partial charge on any atom is -0.469 e. The summed E-state index contributed by atoms with van der Waals surface area (Å²) in [5.74, 6) is 0.539. The van der Waals surface area contributed by atoms with Gasteiger partial charge >= 0.3 is 5.97 Å². The van der Waals surface area contributed by atoms with E-state index < -0.39 is 0 Å². The number of hydrogen-bond acceptors (Lipinski definition) is 3. The Morgan fingerprint density at radius 3 is 2.36 bits per heavy atom. The van der Waals surface area contributed by atoms with Crippen LogP contribution in [0, 0.1) is 17.8 Å². The number of ketones is 1. The van der Waals surface area contributed by atoms with E-state index in [4.69, 9.17) is 4.74 Å². The summed E-state index contributed by atoms with van der Waals surface area (Å²) in [7, 11) is 1.43. The van der Waals surface area contributed by atoms with Gasteiger partial charge in [-0.2, -0.15) is 0 Å². The van der Waals surface area contributed by atoms with Crippen molar-refractivity contribution in [3.63, 3.8) is 0 Å². The Bertz CT molecular complexity index is 243. The smallest absolute Gasteiger partial charge is 0.308 e. The fraction of sp³-hybridized carbons (Fsp3) is 0.818. The monoisotopic (exact) mass is 196 g/mol. The number of methoxy groups -OCH3 is 1. The second-order valence-electron chi connectivity index (χ2n) is 4.42. The zero-order chi connectivity index (χ0) is 10.1. The number of fused-ring (bicyclic) bond motifs is 2. The van der Waals surface area contributed by atoms with Crippen molar-refractivity contribution in [3.05, 3.63) is 0 Å². The number of rotatable bonds is 1. The third-order valence-corrected chi connectivity index (χ3v) is 3.58. The second kappa shape index (κ2) is 3.71. The van der Waals surface area contributed by atoms with E-state index in [1.165, 1.54) is 7.11 Å². The molecule has 0 heterocycles. The minimum absolute atomic E-state index is 0.0204. The Labute approximate surface area is 83.8 Å². The molecule has 0 amide bonds. The summed E-state index contributed by atoms with van der Waals surface area (Å²) in [6, 6.07) is 0. The molecule has 0 aromatic heterocycles. The van der Waals surface area contributed by atoms with Crippen LogP contribution in [0.15, 0.2) is 0 Å². The zero-order valence-electron chi connectivity index (χ0n) is 8.49. The number of ether oxygens (including phenoxy) is 1. The molecule has 2 saturated carbocycles. The lowest BCUT2D eigenvalue weighted by atomic mass is 9.67. The SMILES string of the molecule is COC(=O)C1C[C@@H]2CCC[C@@H](C1)C2=O. The Morgan fingerprint density at radius 2 is 1.86 bits per heavy atom. The lowest BCUT2D eigenvalue weighted by Crippen LogP contribution is -2.39. The second-order valence-corrected chi connectivity index (χ2v) is 4.42. The maximum Gasteiger partial charge on any atom is 0.308 e. The third kappa shape index (κ3) is 1.56. The van der Waals surface area contributed by atoms with E-state index in [0.29, 0.717) is 5.78 Å². The van der Waals surface area contributed by atoms with Gasteiger partial charge in [0.1, 0.15) is 5.78 Å². The highest BCUT2D eigenvalue weighted by atomic mass is 16.5. The molecule has 2 aliphatic rings. The van der Waals surface area contributed by atoms with Gasteiger partial charge in [-0.25, -0.2) is 0 Å². The molecule has 0 aliphatic heterocycles. The van der Waals surface area contributed by atoms with Crippen LogP contribution in [0.3, 0.4) is 0 Å². The summed E-state index contributed by atoms with van der Waals surface area (Å²) in [5, 5.41) is 0.